The summed E-state index contributed by atoms with van der Waals surface area (Å²) in [7, 11) is -3.55. The Kier molecular flexibility index (Phi) is 3.12. The molecule has 1 saturated heterocycles. The van der Waals surface area contributed by atoms with E-state index < -0.39 is 16.0 Å². The van der Waals surface area contributed by atoms with E-state index in [2.05, 4.69) is 4.98 Å². The van der Waals surface area contributed by atoms with Gasteiger partial charge in [-0.1, -0.05) is 0 Å². The van der Waals surface area contributed by atoms with Gasteiger partial charge in [-0.2, -0.15) is 4.31 Å². The average molecular weight is 256 g/mol. The van der Waals surface area contributed by atoms with Crippen LogP contribution in [0.1, 0.15) is 23.2 Å². The van der Waals surface area contributed by atoms with E-state index >= 15 is 0 Å². The van der Waals surface area contributed by atoms with Gasteiger partial charge in [-0.15, -0.1) is 0 Å². The fourth-order valence-corrected chi connectivity index (χ4v) is 3.15. The number of rotatable bonds is 3. The van der Waals surface area contributed by atoms with E-state index in [1.807, 2.05) is 0 Å². The molecule has 1 fully saturated rings. The Bertz CT molecular complexity index is 518. The molecule has 2 heterocycles. The molecule has 1 aromatic rings. The molecule has 0 aliphatic carbocycles. The van der Waals surface area contributed by atoms with Gasteiger partial charge in [-0.05, 0) is 25.0 Å². The van der Waals surface area contributed by atoms with Crippen molar-refractivity contribution in [2.45, 2.75) is 17.9 Å². The van der Waals surface area contributed by atoms with Crippen molar-refractivity contribution in [3.05, 3.63) is 23.9 Å². The number of hydrogen-bond acceptors (Lipinski definition) is 4. The molecule has 0 spiro atoms. The second-order valence-corrected chi connectivity index (χ2v) is 5.69. The Morgan fingerprint density at radius 2 is 1.94 bits per heavy atom. The first kappa shape index (κ1) is 12.0. The number of sulfonamides is 1. The zero-order valence-electron chi connectivity index (χ0n) is 9.04. The molecule has 6 nitrogen and oxygen atoms in total. The Labute approximate surface area is 98.9 Å². The smallest absolute Gasteiger partial charge is 0.337 e. The van der Waals surface area contributed by atoms with Gasteiger partial charge in [-0.25, -0.2) is 18.2 Å². The summed E-state index contributed by atoms with van der Waals surface area (Å²) in [5.41, 5.74) is -0.0228. The number of pyridine rings is 1. The standard InChI is InChI=1S/C10H12N2O4S/c13-10(14)8-3-4-9(11-7-8)17(15,16)12-5-1-2-6-12/h3-4,7H,1-2,5-6H2,(H,13,14). The molecule has 0 radical (unpaired) electrons. The van der Waals surface area contributed by atoms with E-state index in [1.165, 1.54) is 16.4 Å². The minimum Gasteiger partial charge on any atom is -0.478 e. The highest BCUT2D eigenvalue weighted by atomic mass is 32.2. The van der Waals surface area contributed by atoms with Crippen LogP contribution in [0.2, 0.25) is 0 Å². The van der Waals surface area contributed by atoms with E-state index in [1.54, 1.807) is 0 Å². The van der Waals surface area contributed by atoms with Crippen LogP contribution in [0.5, 0.6) is 0 Å². The van der Waals surface area contributed by atoms with E-state index in [4.69, 9.17) is 5.11 Å². The quantitative estimate of drug-likeness (QED) is 0.854. The van der Waals surface area contributed by atoms with E-state index in [9.17, 15) is 13.2 Å². The SMILES string of the molecule is O=C(O)c1ccc(S(=O)(=O)N2CCCC2)nc1. The molecule has 0 atom stereocenters. The van der Waals surface area contributed by atoms with Crippen molar-refractivity contribution >= 4 is 16.0 Å². The summed E-state index contributed by atoms with van der Waals surface area (Å²) in [4.78, 5) is 14.3. The van der Waals surface area contributed by atoms with Crippen molar-refractivity contribution in [2.75, 3.05) is 13.1 Å². The molecule has 0 bridgehead atoms. The predicted molar refractivity (Wildman–Crippen MR) is 59.2 cm³/mol. The van der Waals surface area contributed by atoms with Crippen molar-refractivity contribution in [1.82, 2.24) is 9.29 Å². The zero-order chi connectivity index (χ0) is 12.5. The van der Waals surface area contributed by atoms with E-state index in [0.29, 0.717) is 13.1 Å². The molecule has 1 N–H and O–H groups in total. The van der Waals surface area contributed by atoms with Crippen molar-refractivity contribution in [1.29, 1.82) is 0 Å². The van der Waals surface area contributed by atoms with Crippen LogP contribution in [0.15, 0.2) is 23.4 Å². The molecule has 17 heavy (non-hydrogen) atoms. The topological polar surface area (TPSA) is 87.6 Å². The number of carboxylic acids is 1. The highest BCUT2D eigenvalue weighted by Crippen LogP contribution is 2.19. The highest BCUT2D eigenvalue weighted by molar-refractivity contribution is 7.89. The van der Waals surface area contributed by atoms with Crippen molar-refractivity contribution in [2.24, 2.45) is 0 Å². The monoisotopic (exact) mass is 256 g/mol. The Balaban J connectivity index is 2.30. The molecule has 1 aromatic heterocycles. The third-order valence-corrected chi connectivity index (χ3v) is 4.47. The summed E-state index contributed by atoms with van der Waals surface area (Å²) >= 11 is 0. The van der Waals surface area contributed by atoms with Crippen LogP contribution in [-0.4, -0.2) is 41.9 Å². The lowest BCUT2D eigenvalue weighted by Gasteiger charge is -2.14. The number of nitrogens with zero attached hydrogens (tertiary/aromatic N) is 2. The van der Waals surface area contributed by atoms with Gasteiger partial charge in [0, 0.05) is 19.3 Å². The summed E-state index contributed by atoms with van der Waals surface area (Å²) in [5.74, 6) is -1.12. The van der Waals surface area contributed by atoms with Gasteiger partial charge in [0.1, 0.15) is 0 Å². The van der Waals surface area contributed by atoms with E-state index in [0.717, 1.165) is 19.0 Å². The molecular formula is C10H12N2O4S. The average Bonchev–Trinajstić information content (AvgIpc) is 2.83. The number of aromatic nitrogens is 1. The van der Waals surface area contributed by atoms with Gasteiger partial charge in [0.25, 0.3) is 10.0 Å². The Morgan fingerprint density at radius 3 is 2.41 bits per heavy atom. The lowest BCUT2D eigenvalue weighted by Crippen LogP contribution is -2.28. The molecule has 1 aliphatic rings. The predicted octanol–water partition coefficient (Wildman–Crippen LogP) is 0.564. The van der Waals surface area contributed by atoms with Crippen molar-refractivity contribution in [3.63, 3.8) is 0 Å². The number of carbonyl (C=O) groups is 1. The maximum atomic E-state index is 12.0. The maximum absolute atomic E-state index is 12.0. The first-order valence-electron chi connectivity index (χ1n) is 5.21. The fraction of sp³-hybridized carbons (Fsp3) is 0.400. The van der Waals surface area contributed by atoms with Gasteiger partial charge in [0.15, 0.2) is 5.03 Å². The van der Waals surface area contributed by atoms with Gasteiger partial charge < -0.3 is 5.11 Å². The summed E-state index contributed by atoms with van der Waals surface area (Å²) < 4.78 is 25.4. The van der Waals surface area contributed by atoms with Crippen LogP contribution < -0.4 is 0 Å². The van der Waals surface area contributed by atoms with Crippen LogP contribution in [0.3, 0.4) is 0 Å². The third kappa shape index (κ3) is 2.29. The van der Waals surface area contributed by atoms with Crippen LogP contribution in [0, 0.1) is 0 Å². The fourth-order valence-electron chi connectivity index (χ4n) is 1.72. The largest absolute Gasteiger partial charge is 0.478 e. The Hall–Kier alpha value is -1.47. The zero-order valence-corrected chi connectivity index (χ0v) is 9.85. The summed E-state index contributed by atoms with van der Waals surface area (Å²) in [6, 6.07) is 2.48. The molecule has 2 rings (SSSR count). The van der Waals surface area contributed by atoms with Crippen LogP contribution in [-0.2, 0) is 10.0 Å². The molecule has 92 valence electrons. The normalized spacial score (nSPS) is 17.2. The number of carboxylic acid groups (broad SMARTS) is 1. The molecule has 0 amide bonds. The highest BCUT2D eigenvalue weighted by Gasteiger charge is 2.28. The van der Waals surface area contributed by atoms with E-state index in [-0.39, 0.29) is 10.6 Å². The lowest BCUT2D eigenvalue weighted by molar-refractivity contribution is 0.0696. The number of aromatic carboxylic acids is 1. The summed E-state index contributed by atoms with van der Waals surface area (Å²) in [6.07, 6.45) is 2.77. The molecule has 0 unspecified atom stereocenters. The maximum Gasteiger partial charge on any atom is 0.337 e. The van der Waals surface area contributed by atoms with Gasteiger partial charge >= 0.3 is 5.97 Å². The number of hydrogen-bond donors (Lipinski definition) is 1. The van der Waals surface area contributed by atoms with Crippen molar-refractivity contribution in [3.8, 4) is 0 Å². The van der Waals surface area contributed by atoms with Gasteiger partial charge in [0.2, 0.25) is 0 Å². The molecule has 1 aliphatic heterocycles. The minimum atomic E-state index is -3.55. The summed E-state index contributed by atoms with van der Waals surface area (Å²) in [6.45, 7) is 1.01. The molecular weight excluding hydrogens is 244 g/mol. The summed E-state index contributed by atoms with van der Waals surface area (Å²) in [5, 5.41) is 8.60. The second kappa shape index (κ2) is 4.42. The lowest BCUT2D eigenvalue weighted by atomic mass is 10.3. The molecule has 7 heteroatoms. The first-order chi connectivity index (χ1) is 8.01. The molecule has 0 saturated carbocycles. The Morgan fingerprint density at radius 1 is 1.29 bits per heavy atom. The minimum absolute atomic E-state index is 0.0228. The van der Waals surface area contributed by atoms with Crippen LogP contribution in [0.25, 0.3) is 0 Å². The van der Waals surface area contributed by atoms with Gasteiger partial charge in [-0.3, -0.25) is 0 Å². The van der Waals surface area contributed by atoms with Gasteiger partial charge in [0.05, 0.1) is 5.56 Å². The first-order valence-corrected chi connectivity index (χ1v) is 6.65. The van der Waals surface area contributed by atoms with Crippen LogP contribution in [0.4, 0.5) is 0 Å². The molecule has 0 aromatic carbocycles. The van der Waals surface area contributed by atoms with Crippen molar-refractivity contribution < 1.29 is 18.3 Å². The van der Waals surface area contributed by atoms with Crippen LogP contribution >= 0.6 is 0 Å². The second-order valence-electron chi connectivity index (χ2n) is 3.80. The third-order valence-electron chi connectivity index (χ3n) is 2.65.